The molecular formula is C12H15ClN2O3S. The highest BCUT2D eigenvalue weighted by molar-refractivity contribution is 8.13. The summed E-state index contributed by atoms with van der Waals surface area (Å²) in [5.74, 6) is -0.448. The predicted octanol–water partition coefficient (Wildman–Crippen LogP) is 1.56. The third-order valence-electron chi connectivity index (χ3n) is 3.26. The molecule has 2 rings (SSSR count). The van der Waals surface area contributed by atoms with Gasteiger partial charge in [-0.05, 0) is 19.1 Å². The first kappa shape index (κ1) is 14.3. The molecule has 1 aliphatic rings. The molecular weight excluding hydrogens is 288 g/mol. The highest BCUT2D eigenvalue weighted by Crippen LogP contribution is 2.28. The molecule has 2 heterocycles. The molecule has 0 radical (unpaired) electrons. The summed E-state index contributed by atoms with van der Waals surface area (Å²) < 4.78 is 22.1. The molecule has 0 aromatic carbocycles. The largest absolute Gasteiger partial charge is 0.334 e. The molecule has 1 saturated heterocycles. The SMILES string of the molecule is C[C@@H](c1ccccn1)N1CC(CS(=O)(=O)Cl)CC1=O. The molecule has 0 aliphatic carbocycles. The molecule has 0 N–H and O–H groups in total. The maximum atomic E-state index is 11.9. The van der Waals surface area contributed by atoms with Crippen molar-refractivity contribution in [3.8, 4) is 0 Å². The van der Waals surface area contributed by atoms with E-state index in [0.717, 1.165) is 5.69 Å². The average Bonchev–Trinajstić information content (AvgIpc) is 2.68. The smallest absolute Gasteiger partial charge is 0.232 e. The van der Waals surface area contributed by atoms with Gasteiger partial charge in [0.2, 0.25) is 15.0 Å². The summed E-state index contributed by atoms with van der Waals surface area (Å²) in [5, 5.41) is 0. The summed E-state index contributed by atoms with van der Waals surface area (Å²) in [4.78, 5) is 17.8. The van der Waals surface area contributed by atoms with E-state index < -0.39 is 9.05 Å². The van der Waals surface area contributed by atoms with Crippen molar-refractivity contribution in [3.05, 3.63) is 30.1 Å². The van der Waals surface area contributed by atoms with Crippen molar-refractivity contribution < 1.29 is 13.2 Å². The standard InChI is InChI=1S/C12H15ClN2O3S/c1-9(11-4-2-3-5-14-11)15-7-10(6-12(15)16)8-19(13,17)18/h2-5,9-10H,6-8H2,1H3/t9-,10?/m0/s1. The molecule has 1 unspecified atom stereocenters. The third kappa shape index (κ3) is 3.67. The number of halogens is 1. The summed E-state index contributed by atoms with van der Waals surface area (Å²) in [5.41, 5.74) is 0.797. The van der Waals surface area contributed by atoms with E-state index in [9.17, 15) is 13.2 Å². The second-order valence-electron chi connectivity index (χ2n) is 4.75. The van der Waals surface area contributed by atoms with Gasteiger partial charge < -0.3 is 4.90 Å². The number of pyridine rings is 1. The Kier molecular flexibility index (Phi) is 4.10. The third-order valence-corrected chi connectivity index (χ3v) is 4.50. The van der Waals surface area contributed by atoms with Gasteiger partial charge in [-0.1, -0.05) is 6.07 Å². The summed E-state index contributed by atoms with van der Waals surface area (Å²) in [7, 11) is 1.67. The first-order chi connectivity index (χ1) is 8.87. The molecule has 7 heteroatoms. The van der Waals surface area contributed by atoms with Crippen LogP contribution in [-0.4, -0.2) is 36.5 Å². The monoisotopic (exact) mass is 302 g/mol. The minimum absolute atomic E-state index is 0.0523. The van der Waals surface area contributed by atoms with Gasteiger partial charge in [-0.15, -0.1) is 0 Å². The first-order valence-electron chi connectivity index (χ1n) is 5.99. The summed E-state index contributed by atoms with van der Waals surface area (Å²) >= 11 is 0. The van der Waals surface area contributed by atoms with E-state index in [1.54, 1.807) is 11.1 Å². The molecule has 5 nitrogen and oxygen atoms in total. The van der Waals surface area contributed by atoms with Gasteiger partial charge in [-0.3, -0.25) is 9.78 Å². The summed E-state index contributed by atoms with van der Waals surface area (Å²) in [6, 6.07) is 5.37. The lowest BCUT2D eigenvalue weighted by atomic mass is 10.1. The maximum Gasteiger partial charge on any atom is 0.232 e. The average molecular weight is 303 g/mol. The van der Waals surface area contributed by atoms with Gasteiger partial charge in [0.15, 0.2) is 0 Å². The number of hydrogen-bond acceptors (Lipinski definition) is 4. The summed E-state index contributed by atoms with van der Waals surface area (Å²) in [6.45, 7) is 2.29. The Balaban J connectivity index is 2.08. The Morgan fingerprint density at radius 3 is 2.84 bits per heavy atom. The van der Waals surface area contributed by atoms with Crippen molar-refractivity contribution in [2.24, 2.45) is 5.92 Å². The van der Waals surface area contributed by atoms with Crippen molar-refractivity contribution in [1.82, 2.24) is 9.88 Å². The number of nitrogens with zero attached hydrogens (tertiary/aromatic N) is 2. The van der Waals surface area contributed by atoms with E-state index in [1.165, 1.54) is 0 Å². The molecule has 1 fully saturated rings. The topological polar surface area (TPSA) is 67.3 Å². The zero-order chi connectivity index (χ0) is 14.0. The van der Waals surface area contributed by atoms with Crippen LogP contribution in [0.4, 0.5) is 0 Å². The van der Waals surface area contributed by atoms with Crippen LogP contribution in [0.2, 0.25) is 0 Å². The normalized spacial score (nSPS) is 21.7. The molecule has 0 spiro atoms. The fourth-order valence-corrected chi connectivity index (χ4v) is 3.68. The highest BCUT2D eigenvalue weighted by atomic mass is 35.7. The van der Waals surface area contributed by atoms with Crippen molar-refractivity contribution in [2.45, 2.75) is 19.4 Å². The molecule has 0 bridgehead atoms. The molecule has 1 aliphatic heterocycles. The number of carbonyl (C=O) groups is 1. The minimum Gasteiger partial charge on any atom is -0.334 e. The molecule has 1 aromatic rings. The quantitative estimate of drug-likeness (QED) is 0.792. The van der Waals surface area contributed by atoms with Gasteiger partial charge in [0.1, 0.15) is 0 Å². The number of likely N-dealkylation sites (tertiary alicyclic amines) is 1. The zero-order valence-electron chi connectivity index (χ0n) is 10.5. The highest BCUT2D eigenvalue weighted by Gasteiger charge is 2.35. The molecule has 2 atom stereocenters. The van der Waals surface area contributed by atoms with Crippen molar-refractivity contribution in [2.75, 3.05) is 12.3 Å². The van der Waals surface area contributed by atoms with Crippen LogP contribution in [0.5, 0.6) is 0 Å². The number of hydrogen-bond donors (Lipinski definition) is 0. The Morgan fingerprint density at radius 2 is 2.26 bits per heavy atom. The molecule has 1 amide bonds. The second-order valence-corrected chi connectivity index (χ2v) is 7.57. The van der Waals surface area contributed by atoms with Gasteiger partial charge in [-0.25, -0.2) is 8.42 Å². The Bertz CT molecular complexity index is 562. The van der Waals surface area contributed by atoms with Crippen LogP contribution in [0.1, 0.15) is 25.1 Å². The molecule has 19 heavy (non-hydrogen) atoms. The van der Waals surface area contributed by atoms with Crippen LogP contribution in [0.25, 0.3) is 0 Å². The number of rotatable bonds is 4. The molecule has 0 saturated carbocycles. The van der Waals surface area contributed by atoms with Crippen molar-refractivity contribution in [1.29, 1.82) is 0 Å². The van der Waals surface area contributed by atoms with Crippen LogP contribution in [-0.2, 0) is 13.8 Å². The van der Waals surface area contributed by atoms with E-state index >= 15 is 0 Å². The number of carbonyl (C=O) groups excluding carboxylic acids is 1. The Hall–Kier alpha value is -1.14. The first-order valence-corrected chi connectivity index (χ1v) is 8.47. The lowest BCUT2D eigenvalue weighted by Crippen LogP contribution is -2.29. The van der Waals surface area contributed by atoms with Gasteiger partial charge in [-0.2, -0.15) is 0 Å². The van der Waals surface area contributed by atoms with Gasteiger partial charge in [0.25, 0.3) is 0 Å². The van der Waals surface area contributed by atoms with Crippen LogP contribution in [0.15, 0.2) is 24.4 Å². The molecule has 104 valence electrons. The summed E-state index contributed by atoms with van der Waals surface area (Å²) in [6.07, 6.45) is 1.90. The Labute approximate surface area is 117 Å². The van der Waals surface area contributed by atoms with Gasteiger partial charge >= 0.3 is 0 Å². The van der Waals surface area contributed by atoms with E-state index in [-0.39, 0.29) is 30.0 Å². The predicted molar refractivity (Wildman–Crippen MR) is 72.1 cm³/mol. The fourth-order valence-electron chi connectivity index (χ4n) is 2.36. The zero-order valence-corrected chi connectivity index (χ0v) is 12.1. The molecule has 1 aromatic heterocycles. The number of amides is 1. The van der Waals surface area contributed by atoms with E-state index in [4.69, 9.17) is 10.7 Å². The van der Waals surface area contributed by atoms with Crippen LogP contribution >= 0.6 is 10.7 Å². The van der Waals surface area contributed by atoms with Crippen molar-refractivity contribution in [3.63, 3.8) is 0 Å². The van der Waals surface area contributed by atoms with Crippen molar-refractivity contribution >= 4 is 25.6 Å². The van der Waals surface area contributed by atoms with E-state index in [0.29, 0.717) is 6.54 Å². The second kappa shape index (κ2) is 5.46. The van der Waals surface area contributed by atoms with Crippen LogP contribution in [0.3, 0.4) is 0 Å². The fraction of sp³-hybridized carbons (Fsp3) is 0.500. The van der Waals surface area contributed by atoms with Gasteiger partial charge in [0, 0.05) is 35.8 Å². The van der Waals surface area contributed by atoms with Crippen LogP contribution < -0.4 is 0 Å². The van der Waals surface area contributed by atoms with Crippen LogP contribution in [0, 0.1) is 5.92 Å². The lowest BCUT2D eigenvalue weighted by Gasteiger charge is -2.24. The number of aromatic nitrogens is 1. The Morgan fingerprint density at radius 1 is 1.53 bits per heavy atom. The van der Waals surface area contributed by atoms with E-state index in [1.807, 2.05) is 25.1 Å². The van der Waals surface area contributed by atoms with Gasteiger partial charge in [0.05, 0.1) is 17.5 Å². The maximum absolute atomic E-state index is 11.9. The lowest BCUT2D eigenvalue weighted by molar-refractivity contribution is -0.129. The van der Waals surface area contributed by atoms with E-state index in [2.05, 4.69) is 4.98 Å². The minimum atomic E-state index is -3.57.